The summed E-state index contributed by atoms with van der Waals surface area (Å²) in [5.41, 5.74) is 3.18. The summed E-state index contributed by atoms with van der Waals surface area (Å²) >= 11 is 0. The van der Waals surface area contributed by atoms with Crippen LogP contribution < -0.4 is 0 Å². The summed E-state index contributed by atoms with van der Waals surface area (Å²) in [6.45, 7) is 0.0124. The Morgan fingerprint density at radius 2 is 1.70 bits per heavy atom. The molecule has 0 unspecified atom stereocenters. The van der Waals surface area contributed by atoms with E-state index in [-0.39, 0.29) is 12.4 Å². The van der Waals surface area contributed by atoms with Gasteiger partial charge in [-0.1, -0.05) is 17.3 Å². The van der Waals surface area contributed by atoms with Crippen LogP contribution in [0, 0.1) is 5.82 Å². The lowest BCUT2D eigenvalue weighted by molar-refractivity contribution is 0.282. The normalized spacial score (nSPS) is 10.7. The first-order chi connectivity index (χ1) is 9.76. The Balaban J connectivity index is 1.91. The summed E-state index contributed by atoms with van der Waals surface area (Å²) in [4.78, 5) is 0. The zero-order chi connectivity index (χ0) is 13.9. The van der Waals surface area contributed by atoms with E-state index in [1.54, 1.807) is 23.0 Å². The van der Waals surface area contributed by atoms with Gasteiger partial charge in [-0.25, -0.2) is 9.07 Å². The van der Waals surface area contributed by atoms with Gasteiger partial charge in [0.2, 0.25) is 0 Å². The molecule has 0 aliphatic heterocycles. The predicted molar refractivity (Wildman–Crippen MR) is 72.7 cm³/mol. The monoisotopic (exact) mass is 269 g/mol. The lowest BCUT2D eigenvalue weighted by Crippen LogP contribution is -1.95. The second-order valence-corrected chi connectivity index (χ2v) is 4.38. The molecule has 0 aliphatic carbocycles. The van der Waals surface area contributed by atoms with Crippen molar-refractivity contribution in [3.63, 3.8) is 0 Å². The van der Waals surface area contributed by atoms with E-state index in [0.717, 1.165) is 16.8 Å². The van der Waals surface area contributed by atoms with E-state index in [1.165, 1.54) is 12.1 Å². The van der Waals surface area contributed by atoms with Gasteiger partial charge in [0, 0.05) is 5.56 Å². The van der Waals surface area contributed by atoms with E-state index in [1.807, 2.05) is 24.3 Å². The Labute approximate surface area is 115 Å². The number of rotatable bonds is 3. The van der Waals surface area contributed by atoms with E-state index >= 15 is 0 Å². The van der Waals surface area contributed by atoms with Gasteiger partial charge in [0.25, 0.3) is 0 Å². The molecule has 0 radical (unpaired) electrons. The van der Waals surface area contributed by atoms with Crippen LogP contribution in [0.1, 0.15) is 5.56 Å². The maximum atomic E-state index is 12.9. The molecular formula is C15H12FN3O. The highest BCUT2D eigenvalue weighted by atomic mass is 19.1. The SMILES string of the molecule is OCc1ccc(-n2cc(-c3ccc(F)cc3)nn2)cc1. The minimum Gasteiger partial charge on any atom is -0.392 e. The average Bonchev–Trinajstić information content (AvgIpc) is 2.98. The molecule has 1 aromatic heterocycles. The largest absolute Gasteiger partial charge is 0.392 e. The standard InChI is InChI=1S/C15H12FN3O/c16-13-5-3-12(4-6-13)15-9-19(18-17-15)14-7-1-11(10-20)2-8-14/h1-9,20H,10H2. The lowest BCUT2D eigenvalue weighted by atomic mass is 10.2. The molecule has 0 aliphatic rings. The van der Waals surface area contributed by atoms with Crippen LogP contribution in [0.5, 0.6) is 0 Å². The molecular weight excluding hydrogens is 257 g/mol. The van der Waals surface area contributed by atoms with E-state index in [2.05, 4.69) is 10.3 Å². The summed E-state index contributed by atoms with van der Waals surface area (Å²) < 4.78 is 14.5. The number of hydrogen-bond donors (Lipinski definition) is 1. The van der Waals surface area contributed by atoms with Crippen molar-refractivity contribution < 1.29 is 9.50 Å². The van der Waals surface area contributed by atoms with Gasteiger partial charge in [-0.05, 0) is 42.0 Å². The summed E-state index contributed by atoms with van der Waals surface area (Å²) in [7, 11) is 0. The summed E-state index contributed by atoms with van der Waals surface area (Å²) in [6, 6.07) is 13.5. The Morgan fingerprint density at radius 1 is 1.00 bits per heavy atom. The first-order valence-corrected chi connectivity index (χ1v) is 6.15. The van der Waals surface area contributed by atoms with E-state index in [9.17, 15) is 4.39 Å². The first-order valence-electron chi connectivity index (χ1n) is 6.15. The van der Waals surface area contributed by atoms with Crippen molar-refractivity contribution in [2.24, 2.45) is 0 Å². The van der Waals surface area contributed by atoms with Crippen LogP contribution in [-0.2, 0) is 6.61 Å². The highest BCUT2D eigenvalue weighted by Crippen LogP contribution is 2.18. The molecule has 3 aromatic rings. The number of benzene rings is 2. The lowest BCUT2D eigenvalue weighted by Gasteiger charge is -2.01. The first kappa shape index (κ1) is 12.5. The molecule has 2 aromatic carbocycles. The van der Waals surface area contributed by atoms with Crippen LogP contribution >= 0.6 is 0 Å². The third-order valence-corrected chi connectivity index (χ3v) is 3.02. The number of aliphatic hydroxyl groups is 1. The number of aromatic nitrogens is 3. The quantitative estimate of drug-likeness (QED) is 0.795. The van der Waals surface area contributed by atoms with Gasteiger partial charge in [0.15, 0.2) is 0 Å². The van der Waals surface area contributed by atoms with Gasteiger partial charge in [0.05, 0.1) is 18.5 Å². The van der Waals surface area contributed by atoms with Crippen LogP contribution in [0.15, 0.2) is 54.7 Å². The summed E-state index contributed by atoms with van der Waals surface area (Å²) in [5, 5.41) is 17.1. The van der Waals surface area contributed by atoms with Crippen LogP contribution in [0.3, 0.4) is 0 Å². The summed E-state index contributed by atoms with van der Waals surface area (Å²) in [6.07, 6.45) is 1.78. The fourth-order valence-corrected chi connectivity index (χ4v) is 1.90. The Kier molecular flexibility index (Phi) is 3.26. The van der Waals surface area contributed by atoms with Gasteiger partial charge < -0.3 is 5.11 Å². The second-order valence-electron chi connectivity index (χ2n) is 4.38. The van der Waals surface area contributed by atoms with Crippen LogP contribution in [0.4, 0.5) is 4.39 Å². The molecule has 5 heteroatoms. The predicted octanol–water partition coefficient (Wildman–Crippen LogP) is 2.57. The van der Waals surface area contributed by atoms with Gasteiger partial charge in [-0.2, -0.15) is 0 Å². The highest BCUT2D eigenvalue weighted by molar-refractivity contribution is 5.58. The Bertz CT molecular complexity index is 705. The number of hydrogen-bond acceptors (Lipinski definition) is 3. The minimum absolute atomic E-state index is 0.0124. The highest BCUT2D eigenvalue weighted by Gasteiger charge is 2.05. The fraction of sp³-hybridized carbons (Fsp3) is 0.0667. The van der Waals surface area contributed by atoms with Crippen molar-refractivity contribution in [2.75, 3.05) is 0 Å². The van der Waals surface area contributed by atoms with E-state index in [4.69, 9.17) is 5.11 Å². The number of nitrogens with zero attached hydrogens (tertiary/aromatic N) is 3. The van der Waals surface area contributed by atoms with Crippen molar-refractivity contribution in [3.05, 3.63) is 66.1 Å². The second kappa shape index (κ2) is 5.22. The molecule has 3 rings (SSSR count). The molecule has 0 saturated heterocycles. The minimum atomic E-state index is -0.277. The van der Waals surface area contributed by atoms with E-state index < -0.39 is 0 Å². The molecule has 1 heterocycles. The molecule has 100 valence electrons. The van der Waals surface area contributed by atoms with Crippen molar-refractivity contribution in [2.45, 2.75) is 6.61 Å². The smallest absolute Gasteiger partial charge is 0.123 e. The van der Waals surface area contributed by atoms with E-state index in [0.29, 0.717) is 5.69 Å². The zero-order valence-corrected chi connectivity index (χ0v) is 10.6. The van der Waals surface area contributed by atoms with Gasteiger partial charge in [0.1, 0.15) is 11.5 Å². The average molecular weight is 269 g/mol. The summed E-state index contributed by atoms with van der Waals surface area (Å²) in [5.74, 6) is -0.277. The van der Waals surface area contributed by atoms with Crippen LogP contribution in [0.2, 0.25) is 0 Å². The Morgan fingerprint density at radius 3 is 2.35 bits per heavy atom. The molecule has 0 amide bonds. The van der Waals surface area contributed by atoms with Crippen LogP contribution in [-0.4, -0.2) is 20.1 Å². The number of aliphatic hydroxyl groups excluding tert-OH is 1. The number of halogens is 1. The molecule has 0 atom stereocenters. The fourth-order valence-electron chi connectivity index (χ4n) is 1.90. The molecule has 1 N–H and O–H groups in total. The maximum Gasteiger partial charge on any atom is 0.123 e. The molecule has 0 fully saturated rings. The van der Waals surface area contributed by atoms with Crippen molar-refractivity contribution in [1.82, 2.24) is 15.0 Å². The third-order valence-electron chi connectivity index (χ3n) is 3.02. The molecule has 0 spiro atoms. The Hall–Kier alpha value is -2.53. The van der Waals surface area contributed by atoms with Crippen molar-refractivity contribution in [1.29, 1.82) is 0 Å². The van der Waals surface area contributed by atoms with Gasteiger partial charge >= 0.3 is 0 Å². The molecule has 0 bridgehead atoms. The van der Waals surface area contributed by atoms with Gasteiger partial charge in [-0.3, -0.25) is 0 Å². The third kappa shape index (κ3) is 2.44. The molecule has 20 heavy (non-hydrogen) atoms. The molecule has 0 saturated carbocycles. The van der Waals surface area contributed by atoms with Crippen LogP contribution in [0.25, 0.3) is 16.9 Å². The molecule has 4 nitrogen and oxygen atoms in total. The van der Waals surface area contributed by atoms with Gasteiger partial charge in [-0.15, -0.1) is 5.10 Å². The van der Waals surface area contributed by atoms with Crippen molar-refractivity contribution >= 4 is 0 Å². The maximum absolute atomic E-state index is 12.9. The topological polar surface area (TPSA) is 50.9 Å². The zero-order valence-electron chi connectivity index (χ0n) is 10.6. The van der Waals surface area contributed by atoms with Crippen molar-refractivity contribution in [3.8, 4) is 16.9 Å².